The summed E-state index contributed by atoms with van der Waals surface area (Å²) in [6.45, 7) is 6.42. The fraction of sp³-hybridized carbons (Fsp3) is 0.750. The van der Waals surface area contributed by atoms with Crippen LogP contribution in [0.4, 0.5) is 4.79 Å². The Morgan fingerprint density at radius 2 is 1.81 bits per heavy atom. The van der Waals surface area contributed by atoms with Gasteiger partial charge in [-0.3, -0.25) is 4.79 Å². The molecule has 1 amide bonds. The van der Waals surface area contributed by atoms with Crippen LogP contribution in [0.1, 0.15) is 32.4 Å². The topological polar surface area (TPSA) is 114 Å². The first-order valence-corrected chi connectivity index (χ1v) is 8.70. The third kappa shape index (κ3) is 11.4. The monoisotopic (exact) mass is 372 g/mol. The molecule has 0 aliphatic heterocycles. The molecular formula is C16H28N4O6. The number of nitrogens with zero attached hydrogens (tertiary/aromatic N) is 3. The van der Waals surface area contributed by atoms with Gasteiger partial charge >= 0.3 is 12.1 Å². The fourth-order valence-corrected chi connectivity index (χ4v) is 1.79. The lowest BCUT2D eigenvalue weighted by molar-refractivity contribution is -0.142. The van der Waals surface area contributed by atoms with E-state index < -0.39 is 6.09 Å². The second kappa shape index (κ2) is 14.0. The van der Waals surface area contributed by atoms with E-state index in [9.17, 15) is 9.59 Å². The summed E-state index contributed by atoms with van der Waals surface area (Å²) in [6, 6.07) is 0. The van der Waals surface area contributed by atoms with Crippen molar-refractivity contribution in [2.24, 2.45) is 0 Å². The van der Waals surface area contributed by atoms with Gasteiger partial charge in [0.05, 0.1) is 39.1 Å². The number of aromatic nitrogens is 3. The summed E-state index contributed by atoms with van der Waals surface area (Å²) in [7, 11) is 0. The molecule has 1 aromatic heterocycles. The van der Waals surface area contributed by atoms with Crippen LogP contribution in [0.3, 0.4) is 0 Å². The molecule has 0 fully saturated rings. The summed E-state index contributed by atoms with van der Waals surface area (Å²) < 4.78 is 21.9. The lowest BCUT2D eigenvalue weighted by Crippen LogP contribution is -2.25. The zero-order valence-electron chi connectivity index (χ0n) is 15.4. The number of unbranched alkanes of at least 4 members (excludes halogenated alkanes) is 1. The van der Waals surface area contributed by atoms with E-state index in [2.05, 4.69) is 22.6 Å². The summed E-state index contributed by atoms with van der Waals surface area (Å²) >= 11 is 0. The number of esters is 1. The van der Waals surface area contributed by atoms with Gasteiger partial charge in [-0.25, -0.2) is 9.48 Å². The molecule has 1 N–H and O–H groups in total. The molecule has 10 nitrogen and oxygen atoms in total. The summed E-state index contributed by atoms with van der Waals surface area (Å²) in [5, 5.41) is 10.5. The molecule has 0 radical (unpaired) electrons. The summed E-state index contributed by atoms with van der Waals surface area (Å²) in [4.78, 5) is 22.1. The van der Waals surface area contributed by atoms with Crippen molar-refractivity contribution >= 4 is 12.1 Å². The standard InChI is InChI=1S/C16H28N4O6/c1-3-4-6-23-9-11-26-16(22)17-12-15-13-20(19-18-15)5-7-24-8-10-25-14(2)21/h13H,3-12H2,1-2H3,(H,17,22). The van der Waals surface area contributed by atoms with Crippen LogP contribution in [0.2, 0.25) is 0 Å². The van der Waals surface area contributed by atoms with Crippen LogP contribution >= 0.6 is 0 Å². The highest BCUT2D eigenvalue weighted by molar-refractivity contribution is 5.67. The van der Waals surface area contributed by atoms with Crippen molar-refractivity contribution < 1.29 is 28.5 Å². The minimum atomic E-state index is -0.521. The van der Waals surface area contributed by atoms with Gasteiger partial charge in [0.2, 0.25) is 0 Å². The van der Waals surface area contributed by atoms with Gasteiger partial charge < -0.3 is 24.3 Å². The van der Waals surface area contributed by atoms with Crippen LogP contribution in [-0.2, 0) is 36.8 Å². The number of carbonyl (C=O) groups excluding carboxylic acids is 2. The fourth-order valence-electron chi connectivity index (χ4n) is 1.79. The summed E-state index contributed by atoms with van der Waals surface area (Å²) in [5.74, 6) is -0.329. The second-order valence-electron chi connectivity index (χ2n) is 5.38. The molecule has 0 atom stereocenters. The van der Waals surface area contributed by atoms with Crippen molar-refractivity contribution in [2.75, 3.05) is 39.6 Å². The molecule has 10 heteroatoms. The SMILES string of the molecule is CCCCOCCOC(=O)NCc1cn(CCOCCOC(C)=O)nn1. The number of amides is 1. The van der Waals surface area contributed by atoms with Gasteiger partial charge in [0, 0.05) is 13.5 Å². The van der Waals surface area contributed by atoms with E-state index >= 15 is 0 Å². The maximum atomic E-state index is 11.5. The number of alkyl carbamates (subject to hydrolysis) is 1. The molecular weight excluding hydrogens is 344 g/mol. The van der Waals surface area contributed by atoms with E-state index in [1.807, 2.05) is 0 Å². The van der Waals surface area contributed by atoms with E-state index in [0.29, 0.717) is 38.7 Å². The smallest absolute Gasteiger partial charge is 0.407 e. The number of hydrogen-bond acceptors (Lipinski definition) is 8. The zero-order chi connectivity index (χ0) is 19.0. The first kappa shape index (κ1) is 21.8. The van der Waals surface area contributed by atoms with Gasteiger partial charge in [-0.15, -0.1) is 5.10 Å². The van der Waals surface area contributed by atoms with Gasteiger partial charge in [0.15, 0.2) is 0 Å². The quantitative estimate of drug-likeness (QED) is 0.378. The van der Waals surface area contributed by atoms with Gasteiger partial charge in [-0.05, 0) is 6.42 Å². The molecule has 1 rings (SSSR count). The predicted molar refractivity (Wildman–Crippen MR) is 91.4 cm³/mol. The van der Waals surface area contributed by atoms with E-state index in [1.54, 1.807) is 10.9 Å². The number of carbonyl (C=O) groups is 2. The highest BCUT2D eigenvalue weighted by atomic mass is 16.6. The summed E-state index contributed by atoms with van der Waals surface area (Å²) in [6.07, 6.45) is 3.26. The molecule has 1 aromatic rings. The highest BCUT2D eigenvalue weighted by Gasteiger charge is 2.05. The minimum absolute atomic E-state index is 0.215. The Labute approximate surface area is 153 Å². The van der Waals surface area contributed by atoms with Gasteiger partial charge in [-0.2, -0.15) is 0 Å². The largest absolute Gasteiger partial charge is 0.463 e. The number of rotatable bonds is 14. The van der Waals surface area contributed by atoms with Crippen LogP contribution < -0.4 is 5.32 Å². The molecule has 0 saturated carbocycles. The number of nitrogens with one attached hydrogen (secondary N) is 1. The Kier molecular flexibility index (Phi) is 11.8. The Balaban J connectivity index is 2.06. The van der Waals surface area contributed by atoms with E-state index in [0.717, 1.165) is 12.8 Å². The van der Waals surface area contributed by atoms with Crippen molar-refractivity contribution in [1.82, 2.24) is 20.3 Å². The van der Waals surface area contributed by atoms with Crippen molar-refractivity contribution in [2.45, 2.75) is 39.8 Å². The molecule has 148 valence electrons. The van der Waals surface area contributed by atoms with E-state index in [1.165, 1.54) is 6.92 Å². The third-order valence-corrected chi connectivity index (χ3v) is 3.10. The van der Waals surface area contributed by atoms with Crippen molar-refractivity contribution in [3.8, 4) is 0 Å². The Morgan fingerprint density at radius 3 is 2.54 bits per heavy atom. The summed E-state index contributed by atoms with van der Waals surface area (Å²) in [5.41, 5.74) is 0.612. The molecule has 0 unspecified atom stereocenters. The number of ether oxygens (including phenoxy) is 4. The van der Waals surface area contributed by atoms with Crippen LogP contribution in [0.15, 0.2) is 6.20 Å². The van der Waals surface area contributed by atoms with Crippen molar-refractivity contribution in [3.05, 3.63) is 11.9 Å². The van der Waals surface area contributed by atoms with Gasteiger partial charge in [0.25, 0.3) is 0 Å². The third-order valence-electron chi connectivity index (χ3n) is 3.10. The van der Waals surface area contributed by atoms with Crippen LogP contribution in [-0.4, -0.2) is 66.7 Å². The van der Waals surface area contributed by atoms with Crippen molar-refractivity contribution in [3.63, 3.8) is 0 Å². The first-order valence-electron chi connectivity index (χ1n) is 8.70. The van der Waals surface area contributed by atoms with Crippen LogP contribution in [0.5, 0.6) is 0 Å². The van der Waals surface area contributed by atoms with Crippen molar-refractivity contribution in [1.29, 1.82) is 0 Å². The minimum Gasteiger partial charge on any atom is -0.463 e. The first-order chi connectivity index (χ1) is 12.6. The maximum absolute atomic E-state index is 11.5. The van der Waals surface area contributed by atoms with Gasteiger partial charge in [0.1, 0.15) is 18.9 Å². The molecule has 0 spiro atoms. The van der Waals surface area contributed by atoms with Crippen LogP contribution in [0, 0.1) is 0 Å². The zero-order valence-corrected chi connectivity index (χ0v) is 15.4. The average Bonchev–Trinajstić information content (AvgIpc) is 3.07. The lowest BCUT2D eigenvalue weighted by atomic mass is 10.4. The molecule has 0 bridgehead atoms. The Morgan fingerprint density at radius 1 is 1.08 bits per heavy atom. The normalized spacial score (nSPS) is 10.5. The predicted octanol–water partition coefficient (Wildman–Crippen LogP) is 0.901. The average molecular weight is 372 g/mol. The molecule has 0 aliphatic rings. The maximum Gasteiger partial charge on any atom is 0.407 e. The van der Waals surface area contributed by atoms with Crippen LogP contribution in [0.25, 0.3) is 0 Å². The molecule has 26 heavy (non-hydrogen) atoms. The Bertz CT molecular complexity index is 523. The number of hydrogen-bond donors (Lipinski definition) is 1. The molecule has 0 aliphatic carbocycles. The van der Waals surface area contributed by atoms with Gasteiger partial charge in [-0.1, -0.05) is 18.6 Å². The lowest BCUT2D eigenvalue weighted by Gasteiger charge is -2.06. The second-order valence-corrected chi connectivity index (χ2v) is 5.38. The molecule has 0 saturated heterocycles. The van der Waals surface area contributed by atoms with E-state index in [-0.39, 0.29) is 25.7 Å². The Hall–Kier alpha value is -2.20. The molecule has 0 aromatic carbocycles. The highest BCUT2D eigenvalue weighted by Crippen LogP contribution is 1.94. The van der Waals surface area contributed by atoms with E-state index in [4.69, 9.17) is 18.9 Å². The molecule has 1 heterocycles.